The largest absolute Gasteiger partial charge is 0.468 e. The Labute approximate surface area is 174 Å². The van der Waals surface area contributed by atoms with E-state index < -0.39 is 0 Å². The fourth-order valence-corrected chi connectivity index (χ4v) is 4.63. The number of aryl methyl sites for hydroxylation is 2. The lowest BCUT2D eigenvalue weighted by Crippen LogP contribution is -2.38. The highest BCUT2D eigenvalue weighted by Crippen LogP contribution is 2.45. The van der Waals surface area contributed by atoms with E-state index in [2.05, 4.69) is 5.32 Å². The van der Waals surface area contributed by atoms with Crippen molar-refractivity contribution in [2.75, 3.05) is 16.8 Å². The normalized spacial score (nSPS) is 16.3. The number of fused-ring (bicyclic) bond motifs is 1. The number of anilines is 2. The molecule has 0 aliphatic carbocycles. The number of thioether (sulfide) groups is 1. The Balaban J connectivity index is 1.58. The molecule has 0 saturated carbocycles. The minimum atomic E-state index is -0.219. The zero-order valence-corrected chi connectivity index (χ0v) is 17.2. The molecule has 1 atom stereocenters. The standard InChI is InChI=1S/C23H22N2O3S/c1-15-9-10-16(2)17(12-15)24-22(26)14-25-18-6-3-4-8-20(18)29-21(13-23(25)27)19-7-5-11-28-19/h3-12,21H,13-14H2,1-2H3,(H,24,26)/t21-/m0/s1. The van der Waals surface area contributed by atoms with Crippen molar-refractivity contribution in [2.24, 2.45) is 0 Å². The molecule has 0 spiro atoms. The molecular weight excluding hydrogens is 384 g/mol. The highest BCUT2D eigenvalue weighted by Gasteiger charge is 2.31. The van der Waals surface area contributed by atoms with Crippen molar-refractivity contribution in [3.63, 3.8) is 0 Å². The molecule has 2 heterocycles. The third-order valence-corrected chi connectivity index (χ3v) is 6.20. The maximum Gasteiger partial charge on any atom is 0.244 e. The molecule has 0 fully saturated rings. The summed E-state index contributed by atoms with van der Waals surface area (Å²) >= 11 is 1.59. The van der Waals surface area contributed by atoms with Gasteiger partial charge in [0.25, 0.3) is 0 Å². The molecular formula is C23H22N2O3S. The molecule has 0 saturated heterocycles. The topological polar surface area (TPSA) is 62.6 Å². The van der Waals surface area contributed by atoms with Crippen molar-refractivity contribution < 1.29 is 14.0 Å². The lowest BCUT2D eigenvalue weighted by atomic mass is 10.1. The zero-order valence-electron chi connectivity index (χ0n) is 16.3. The highest BCUT2D eigenvalue weighted by atomic mass is 32.2. The van der Waals surface area contributed by atoms with Crippen molar-refractivity contribution in [3.8, 4) is 0 Å². The Hall–Kier alpha value is -2.99. The van der Waals surface area contributed by atoms with Gasteiger partial charge in [-0.05, 0) is 55.3 Å². The maximum atomic E-state index is 13.1. The van der Waals surface area contributed by atoms with E-state index >= 15 is 0 Å². The predicted octanol–water partition coefficient (Wildman–Crippen LogP) is 5.11. The van der Waals surface area contributed by atoms with Gasteiger partial charge in [0.1, 0.15) is 12.3 Å². The van der Waals surface area contributed by atoms with E-state index in [1.165, 1.54) is 0 Å². The summed E-state index contributed by atoms with van der Waals surface area (Å²) in [5.41, 5.74) is 3.58. The van der Waals surface area contributed by atoms with Crippen LogP contribution >= 0.6 is 11.8 Å². The fourth-order valence-electron chi connectivity index (χ4n) is 3.39. The third-order valence-electron chi connectivity index (χ3n) is 4.92. The Morgan fingerprint density at radius 2 is 2.00 bits per heavy atom. The van der Waals surface area contributed by atoms with Crippen molar-refractivity contribution in [1.29, 1.82) is 0 Å². The first-order valence-corrected chi connectivity index (χ1v) is 10.4. The molecule has 4 rings (SSSR count). The van der Waals surface area contributed by atoms with E-state index in [-0.39, 0.29) is 30.0 Å². The van der Waals surface area contributed by atoms with Gasteiger partial charge in [-0.2, -0.15) is 0 Å². The maximum absolute atomic E-state index is 13.1. The number of nitrogens with zero attached hydrogens (tertiary/aromatic N) is 1. The van der Waals surface area contributed by atoms with Crippen molar-refractivity contribution >= 4 is 35.0 Å². The second-order valence-electron chi connectivity index (χ2n) is 7.14. The zero-order chi connectivity index (χ0) is 20.4. The van der Waals surface area contributed by atoms with Gasteiger partial charge in [0, 0.05) is 17.0 Å². The Bertz CT molecular complexity index is 1050. The molecule has 29 heavy (non-hydrogen) atoms. The van der Waals surface area contributed by atoms with Gasteiger partial charge in [-0.25, -0.2) is 0 Å². The number of para-hydroxylation sites is 1. The van der Waals surface area contributed by atoms with Crippen LogP contribution in [0.2, 0.25) is 0 Å². The molecule has 0 bridgehead atoms. The van der Waals surface area contributed by atoms with Crippen LogP contribution in [0.1, 0.15) is 28.6 Å². The molecule has 1 aliphatic rings. The van der Waals surface area contributed by atoms with E-state index in [1.54, 1.807) is 22.9 Å². The Kier molecular flexibility index (Phi) is 5.45. The monoisotopic (exact) mass is 406 g/mol. The number of carbonyl (C=O) groups is 2. The van der Waals surface area contributed by atoms with Crippen LogP contribution in [0, 0.1) is 13.8 Å². The quantitative estimate of drug-likeness (QED) is 0.654. The summed E-state index contributed by atoms with van der Waals surface area (Å²) in [6.45, 7) is 3.90. The summed E-state index contributed by atoms with van der Waals surface area (Å²) in [5, 5.41) is 2.83. The molecule has 3 aromatic rings. The van der Waals surface area contributed by atoms with Crippen LogP contribution in [0.15, 0.2) is 70.2 Å². The van der Waals surface area contributed by atoms with Gasteiger partial charge < -0.3 is 14.6 Å². The lowest BCUT2D eigenvalue weighted by Gasteiger charge is -2.22. The predicted molar refractivity (Wildman–Crippen MR) is 115 cm³/mol. The van der Waals surface area contributed by atoms with E-state index in [1.807, 2.05) is 68.4 Å². The summed E-state index contributed by atoms with van der Waals surface area (Å²) in [5.74, 6) is 0.447. The van der Waals surface area contributed by atoms with Crippen LogP contribution in [0.3, 0.4) is 0 Å². The van der Waals surface area contributed by atoms with Gasteiger partial charge in [0.2, 0.25) is 11.8 Å². The summed E-state index contributed by atoms with van der Waals surface area (Å²) in [6.07, 6.45) is 1.89. The van der Waals surface area contributed by atoms with Crippen LogP contribution in [-0.2, 0) is 9.59 Å². The van der Waals surface area contributed by atoms with Crippen LogP contribution in [-0.4, -0.2) is 18.4 Å². The SMILES string of the molecule is Cc1ccc(C)c(NC(=O)CN2C(=O)C[C@@H](c3ccco3)Sc3ccccc32)c1. The molecule has 6 heteroatoms. The molecule has 1 aliphatic heterocycles. The lowest BCUT2D eigenvalue weighted by molar-refractivity contribution is -0.121. The minimum Gasteiger partial charge on any atom is -0.468 e. The van der Waals surface area contributed by atoms with Crippen molar-refractivity contribution in [2.45, 2.75) is 30.4 Å². The average molecular weight is 407 g/mol. The average Bonchev–Trinajstić information content (AvgIpc) is 3.19. The summed E-state index contributed by atoms with van der Waals surface area (Å²) < 4.78 is 5.54. The number of furan rings is 1. The molecule has 0 unspecified atom stereocenters. The van der Waals surface area contributed by atoms with Gasteiger partial charge in [-0.1, -0.05) is 24.3 Å². The second-order valence-corrected chi connectivity index (χ2v) is 8.38. The minimum absolute atomic E-state index is 0.0331. The van der Waals surface area contributed by atoms with E-state index in [9.17, 15) is 9.59 Å². The number of amides is 2. The van der Waals surface area contributed by atoms with Crippen LogP contribution in [0.4, 0.5) is 11.4 Å². The first-order chi connectivity index (χ1) is 14.0. The number of rotatable bonds is 4. The number of carbonyl (C=O) groups excluding carboxylic acids is 2. The van der Waals surface area contributed by atoms with Crippen LogP contribution in [0.25, 0.3) is 0 Å². The number of benzene rings is 2. The summed E-state index contributed by atoms with van der Waals surface area (Å²) in [4.78, 5) is 28.4. The second kappa shape index (κ2) is 8.17. The first-order valence-electron chi connectivity index (χ1n) is 9.48. The molecule has 2 aromatic carbocycles. The van der Waals surface area contributed by atoms with Gasteiger partial charge in [0.15, 0.2) is 0 Å². The number of hydrogen-bond acceptors (Lipinski definition) is 4. The Morgan fingerprint density at radius 1 is 1.17 bits per heavy atom. The molecule has 148 valence electrons. The smallest absolute Gasteiger partial charge is 0.244 e. The summed E-state index contributed by atoms with van der Waals surface area (Å²) in [7, 11) is 0. The van der Waals surface area contributed by atoms with Gasteiger partial charge >= 0.3 is 0 Å². The first kappa shape index (κ1) is 19.3. The van der Waals surface area contributed by atoms with Crippen LogP contribution in [0.5, 0.6) is 0 Å². The number of hydrogen-bond donors (Lipinski definition) is 1. The van der Waals surface area contributed by atoms with Crippen molar-refractivity contribution in [1.82, 2.24) is 0 Å². The van der Waals surface area contributed by atoms with E-state index in [0.29, 0.717) is 0 Å². The molecule has 0 radical (unpaired) electrons. The van der Waals surface area contributed by atoms with E-state index in [4.69, 9.17) is 4.42 Å². The van der Waals surface area contributed by atoms with E-state index in [0.717, 1.165) is 33.2 Å². The third kappa shape index (κ3) is 4.22. The summed E-state index contributed by atoms with van der Waals surface area (Å²) in [6, 6.07) is 17.3. The number of nitrogens with one attached hydrogen (secondary N) is 1. The van der Waals surface area contributed by atoms with Crippen molar-refractivity contribution in [3.05, 3.63) is 77.7 Å². The fraction of sp³-hybridized carbons (Fsp3) is 0.217. The van der Waals surface area contributed by atoms with Gasteiger partial charge in [-0.15, -0.1) is 11.8 Å². The van der Waals surface area contributed by atoms with Crippen LogP contribution < -0.4 is 10.2 Å². The molecule has 2 amide bonds. The Morgan fingerprint density at radius 3 is 2.79 bits per heavy atom. The van der Waals surface area contributed by atoms with Gasteiger partial charge in [0.05, 0.1) is 17.2 Å². The van der Waals surface area contributed by atoms with Gasteiger partial charge in [-0.3, -0.25) is 9.59 Å². The molecule has 1 N–H and O–H groups in total. The highest BCUT2D eigenvalue weighted by molar-refractivity contribution is 7.99. The molecule has 1 aromatic heterocycles. The molecule has 5 nitrogen and oxygen atoms in total.